The van der Waals surface area contributed by atoms with E-state index in [0.29, 0.717) is 12.1 Å². The normalized spacial score (nSPS) is 16.1. The van der Waals surface area contributed by atoms with Crippen LogP contribution in [0, 0.1) is 0 Å². The van der Waals surface area contributed by atoms with Crippen LogP contribution < -0.4 is 10.8 Å². The molecule has 0 unspecified atom stereocenters. The second-order valence-corrected chi connectivity index (χ2v) is 17.3. The van der Waals surface area contributed by atoms with Crippen LogP contribution in [0.15, 0.2) is 93.8 Å². The third kappa shape index (κ3) is 11.2. The minimum atomic E-state index is -4.43. The fourth-order valence-corrected chi connectivity index (χ4v) is 7.01. The lowest BCUT2D eigenvalue weighted by Gasteiger charge is -2.32. The zero-order valence-electron chi connectivity index (χ0n) is 34.4. The number of likely N-dealkylation sites (N-methyl/N-ethyl adjacent to an activating group) is 1. The molecule has 0 bridgehead atoms. The highest BCUT2D eigenvalue weighted by Crippen LogP contribution is 2.37. The monoisotopic (exact) mass is 897 g/mol. The molecule has 1 saturated heterocycles. The number of nitrogens with zero attached hydrogens (tertiary/aromatic N) is 2. The van der Waals surface area contributed by atoms with Crippen molar-refractivity contribution >= 4 is 62.2 Å². The number of hydrogen-bond acceptors (Lipinski definition) is 9. The quantitative estimate of drug-likeness (QED) is 0.0928. The Morgan fingerprint density at radius 2 is 1.61 bits per heavy atom. The Kier molecular flexibility index (Phi) is 14.6. The van der Waals surface area contributed by atoms with Crippen LogP contribution >= 0.6 is 27.5 Å². The summed E-state index contributed by atoms with van der Waals surface area (Å²) in [5.41, 5.74) is 4.84. The van der Waals surface area contributed by atoms with Crippen molar-refractivity contribution in [3.63, 3.8) is 0 Å². The molecule has 2 aliphatic heterocycles. The first-order valence-corrected chi connectivity index (χ1v) is 20.2. The maximum atomic E-state index is 12.3. The number of alkyl halides is 3. The van der Waals surface area contributed by atoms with Gasteiger partial charge in [-0.25, -0.2) is 0 Å². The summed E-state index contributed by atoms with van der Waals surface area (Å²) in [6.07, 6.45) is -3.56. The van der Waals surface area contributed by atoms with Gasteiger partial charge in [0.2, 0.25) is 5.76 Å². The van der Waals surface area contributed by atoms with E-state index in [0.717, 1.165) is 68.8 Å². The Morgan fingerprint density at radius 1 is 0.949 bits per heavy atom. The second kappa shape index (κ2) is 18.7. The minimum absolute atomic E-state index is 0.256. The van der Waals surface area contributed by atoms with Crippen LogP contribution in [-0.2, 0) is 56.5 Å². The number of aromatic nitrogens is 1. The first-order valence-electron chi connectivity index (χ1n) is 19.1. The van der Waals surface area contributed by atoms with Gasteiger partial charge < -0.3 is 28.7 Å². The number of rotatable bonds is 8. The number of halogens is 5. The molecule has 59 heavy (non-hydrogen) atoms. The number of hydrogen-bond donors (Lipinski definition) is 1. The molecule has 2 aliphatic rings. The molecule has 0 aliphatic carbocycles. The Labute approximate surface area is 357 Å². The summed E-state index contributed by atoms with van der Waals surface area (Å²) < 4.78 is 59.6. The van der Waals surface area contributed by atoms with Gasteiger partial charge in [0.25, 0.3) is 5.24 Å². The number of nitrogens with one attached hydrogen (secondary N) is 1. The fourth-order valence-electron chi connectivity index (χ4n) is 6.53. The van der Waals surface area contributed by atoms with Crippen molar-refractivity contribution in [2.45, 2.75) is 90.4 Å². The Morgan fingerprint density at radius 3 is 2.22 bits per heavy atom. The van der Waals surface area contributed by atoms with Crippen LogP contribution in [0.5, 0.6) is 0 Å². The van der Waals surface area contributed by atoms with Crippen LogP contribution in [0.4, 0.5) is 13.2 Å². The van der Waals surface area contributed by atoms with Crippen LogP contribution in [-0.4, -0.2) is 60.1 Å². The zero-order valence-corrected chi connectivity index (χ0v) is 36.8. The molecule has 2 aromatic heterocycles. The van der Waals surface area contributed by atoms with Crippen LogP contribution in [0.25, 0.3) is 10.9 Å². The first-order chi connectivity index (χ1) is 27.6. The van der Waals surface area contributed by atoms with Crippen molar-refractivity contribution in [2.24, 2.45) is 0 Å². The lowest BCUT2D eigenvalue weighted by Crippen LogP contribution is -2.41. The standard InChI is InChI=1S/C17H25BO4.C14H13ClN2O.C13H11BrF3NO/c1-15(2,14(19)20-7)12-9-8-10-13(11-12)18-21-16(3,4)17(5,6)22-18;1-17-7-6-12-10(8-17)13(14(15)18)9-4-2-3-5-11(9)16-12;14-10-3-1-9(2-4-10)7-18-8-11-5-6-12(19-11)13(15,16)17/h8-11H,1-7H3;2-5H,6-8H2,1H3;1-6,18H,7-8H2. The molecule has 0 radical (unpaired) electrons. The van der Waals surface area contributed by atoms with Crippen molar-refractivity contribution in [1.29, 1.82) is 0 Å². The number of carbonyl (C=O) groups excluding carboxylic acids is 2. The average Bonchev–Trinajstić information content (AvgIpc) is 3.75. The topological polar surface area (TPSA) is 103 Å². The smallest absolute Gasteiger partial charge is 0.468 e. The van der Waals surface area contributed by atoms with Gasteiger partial charge in [0, 0.05) is 52.7 Å². The molecule has 0 amide bonds. The van der Waals surface area contributed by atoms with Gasteiger partial charge >= 0.3 is 19.3 Å². The highest BCUT2D eigenvalue weighted by atomic mass is 79.9. The number of para-hydroxylation sites is 1. The number of benzene rings is 3. The first kappa shape index (κ1) is 46.0. The SMILES string of the molecule is CN1CCc2nc3ccccc3c(C(=O)Cl)c2C1.COC(=O)C(C)(C)c1cccc(B2OC(C)(C)C(C)(C)O2)c1.FC(F)(F)c1ccc(CNCc2ccc(Br)cc2)o1. The molecular weight excluding hydrogens is 850 g/mol. The summed E-state index contributed by atoms with van der Waals surface area (Å²) in [6, 6.07) is 25.4. The summed E-state index contributed by atoms with van der Waals surface area (Å²) in [5.74, 6) is -0.962. The minimum Gasteiger partial charge on any atom is -0.468 e. The summed E-state index contributed by atoms with van der Waals surface area (Å²) >= 11 is 9.11. The maximum absolute atomic E-state index is 12.3. The number of fused-ring (bicyclic) bond motifs is 2. The van der Waals surface area contributed by atoms with E-state index >= 15 is 0 Å². The zero-order chi connectivity index (χ0) is 43.3. The number of furan rings is 1. The second-order valence-electron chi connectivity index (χ2n) is 16.0. The van der Waals surface area contributed by atoms with E-state index in [1.54, 1.807) is 0 Å². The Hall–Kier alpha value is -4.05. The molecule has 0 saturated carbocycles. The predicted molar refractivity (Wildman–Crippen MR) is 228 cm³/mol. The van der Waals surface area contributed by atoms with Gasteiger partial charge in [0.05, 0.1) is 35.8 Å². The van der Waals surface area contributed by atoms with E-state index < -0.39 is 24.5 Å². The van der Waals surface area contributed by atoms with Gasteiger partial charge in [-0.3, -0.25) is 14.6 Å². The number of methoxy groups -OCH3 is 1. The summed E-state index contributed by atoms with van der Waals surface area (Å²) in [5, 5.41) is 3.49. The molecule has 9 nitrogen and oxygen atoms in total. The fraction of sp³-hybridized carbons (Fsp3) is 0.386. The van der Waals surface area contributed by atoms with Gasteiger partial charge in [0.15, 0.2) is 0 Å². The maximum Gasteiger partial charge on any atom is 0.494 e. The van der Waals surface area contributed by atoms with Crippen molar-refractivity contribution in [3.05, 3.63) is 129 Å². The van der Waals surface area contributed by atoms with Crippen molar-refractivity contribution in [3.8, 4) is 0 Å². The molecule has 3 aromatic carbocycles. The molecule has 7 rings (SSSR count). The van der Waals surface area contributed by atoms with Gasteiger partial charge in [0.1, 0.15) is 5.76 Å². The average molecular weight is 899 g/mol. The van der Waals surface area contributed by atoms with Gasteiger partial charge in [-0.15, -0.1) is 0 Å². The summed E-state index contributed by atoms with van der Waals surface area (Å²) in [6.45, 7) is 14.3. The molecule has 314 valence electrons. The Bertz CT molecular complexity index is 2250. The number of ether oxygens (including phenoxy) is 1. The van der Waals surface area contributed by atoms with E-state index in [1.165, 1.54) is 13.2 Å². The van der Waals surface area contributed by atoms with Crippen molar-refractivity contribution in [1.82, 2.24) is 15.2 Å². The molecule has 0 atom stereocenters. The van der Waals surface area contributed by atoms with E-state index in [-0.39, 0.29) is 34.7 Å². The molecule has 5 aromatic rings. The van der Waals surface area contributed by atoms with E-state index in [1.807, 2.05) is 121 Å². The molecule has 0 spiro atoms. The Balaban J connectivity index is 0.000000169. The molecule has 1 fully saturated rings. The number of carbonyl (C=O) groups is 2. The lowest BCUT2D eigenvalue weighted by molar-refractivity contribution is -0.153. The van der Waals surface area contributed by atoms with E-state index in [2.05, 4.69) is 31.1 Å². The van der Waals surface area contributed by atoms with Gasteiger partial charge in [-0.2, -0.15) is 13.2 Å². The third-order valence-electron chi connectivity index (χ3n) is 10.7. The van der Waals surface area contributed by atoms with Crippen LogP contribution in [0.1, 0.15) is 85.8 Å². The largest absolute Gasteiger partial charge is 0.494 e. The molecular formula is C44H49BBrClF3N3O6. The summed E-state index contributed by atoms with van der Waals surface area (Å²) in [7, 11) is 3.02. The number of pyridine rings is 1. The highest BCUT2D eigenvalue weighted by molar-refractivity contribution is 9.10. The van der Waals surface area contributed by atoms with E-state index in [4.69, 9.17) is 30.1 Å². The highest BCUT2D eigenvalue weighted by Gasteiger charge is 2.52. The van der Waals surface area contributed by atoms with Crippen molar-refractivity contribution in [2.75, 3.05) is 20.7 Å². The number of esters is 1. The van der Waals surface area contributed by atoms with Gasteiger partial charge in [-0.05, 0) is 107 Å². The summed E-state index contributed by atoms with van der Waals surface area (Å²) in [4.78, 5) is 30.6. The third-order valence-corrected chi connectivity index (χ3v) is 11.5. The predicted octanol–water partition coefficient (Wildman–Crippen LogP) is 9.39. The molecule has 15 heteroatoms. The van der Waals surface area contributed by atoms with Crippen molar-refractivity contribution < 1.29 is 41.2 Å². The molecule has 1 N–H and O–H groups in total. The van der Waals surface area contributed by atoms with Gasteiger partial charge in [-0.1, -0.05) is 70.5 Å². The van der Waals surface area contributed by atoms with Crippen LogP contribution in [0.2, 0.25) is 0 Å². The lowest BCUT2D eigenvalue weighted by atomic mass is 9.75. The molecule has 4 heterocycles. The van der Waals surface area contributed by atoms with E-state index in [9.17, 15) is 22.8 Å². The van der Waals surface area contributed by atoms with Crippen LogP contribution in [0.3, 0.4) is 0 Å².